The van der Waals surface area contributed by atoms with Crippen LogP contribution in [-0.2, 0) is 6.42 Å². The van der Waals surface area contributed by atoms with E-state index in [9.17, 15) is 5.11 Å². The van der Waals surface area contributed by atoms with Crippen LogP contribution in [0.1, 0.15) is 24.4 Å². The van der Waals surface area contributed by atoms with Crippen LogP contribution in [0.3, 0.4) is 0 Å². The van der Waals surface area contributed by atoms with Gasteiger partial charge in [-0.25, -0.2) is 0 Å². The predicted octanol–water partition coefficient (Wildman–Crippen LogP) is 2.97. The van der Waals surface area contributed by atoms with Gasteiger partial charge in [0.25, 0.3) is 0 Å². The smallest absolute Gasteiger partial charge is 0.205 e. The highest BCUT2D eigenvalue weighted by Gasteiger charge is 2.13. The molecule has 0 saturated heterocycles. The molecule has 2 aromatic rings. The van der Waals surface area contributed by atoms with Crippen molar-refractivity contribution in [3.63, 3.8) is 0 Å². The molecule has 1 aromatic heterocycles. The summed E-state index contributed by atoms with van der Waals surface area (Å²) in [6.45, 7) is 3.94. The van der Waals surface area contributed by atoms with E-state index >= 15 is 0 Å². The summed E-state index contributed by atoms with van der Waals surface area (Å²) in [5.74, 6) is 0. The maximum absolute atomic E-state index is 9.63. The van der Waals surface area contributed by atoms with E-state index in [2.05, 4.69) is 15.5 Å². The van der Waals surface area contributed by atoms with E-state index in [4.69, 9.17) is 11.6 Å². The van der Waals surface area contributed by atoms with Crippen molar-refractivity contribution in [2.45, 2.75) is 25.9 Å². The quantitative estimate of drug-likeness (QED) is 0.891. The fourth-order valence-corrected chi connectivity index (χ4v) is 2.36. The summed E-state index contributed by atoms with van der Waals surface area (Å²) in [4.78, 5) is 0. The van der Waals surface area contributed by atoms with Crippen LogP contribution in [0.15, 0.2) is 24.3 Å². The summed E-state index contributed by atoms with van der Waals surface area (Å²) < 4.78 is 0. The van der Waals surface area contributed by atoms with Crippen molar-refractivity contribution in [1.29, 1.82) is 0 Å². The van der Waals surface area contributed by atoms with Gasteiger partial charge in [0.1, 0.15) is 5.01 Å². The average Bonchev–Trinajstić information content (AvgIpc) is 2.77. The summed E-state index contributed by atoms with van der Waals surface area (Å²) in [7, 11) is 0. The molecular formula is C13H16ClN3OS. The van der Waals surface area contributed by atoms with Gasteiger partial charge < -0.3 is 10.4 Å². The Balaban J connectivity index is 1.95. The van der Waals surface area contributed by atoms with Gasteiger partial charge in [-0.2, -0.15) is 0 Å². The Labute approximate surface area is 121 Å². The van der Waals surface area contributed by atoms with Gasteiger partial charge >= 0.3 is 0 Å². The first-order valence-electron chi connectivity index (χ1n) is 5.95. The maximum Gasteiger partial charge on any atom is 0.205 e. The largest absolute Gasteiger partial charge is 0.389 e. The van der Waals surface area contributed by atoms with Crippen LogP contribution in [0.2, 0.25) is 5.02 Å². The third-order valence-corrected chi connectivity index (χ3v) is 3.54. The molecule has 0 radical (unpaired) electrons. The van der Waals surface area contributed by atoms with Crippen molar-refractivity contribution in [1.82, 2.24) is 10.2 Å². The van der Waals surface area contributed by atoms with Gasteiger partial charge in [0.15, 0.2) is 0 Å². The van der Waals surface area contributed by atoms with Crippen molar-refractivity contribution in [3.05, 3.63) is 39.9 Å². The lowest BCUT2D eigenvalue weighted by atomic mass is 10.1. The number of hydrogen-bond donors (Lipinski definition) is 2. The molecule has 0 unspecified atom stereocenters. The second-order valence-electron chi connectivity index (χ2n) is 4.97. The topological polar surface area (TPSA) is 58.0 Å². The van der Waals surface area contributed by atoms with Gasteiger partial charge in [-0.15, -0.1) is 10.2 Å². The van der Waals surface area contributed by atoms with E-state index in [0.717, 1.165) is 27.1 Å². The van der Waals surface area contributed by atoms with Gasteiger partial charge in [0.05, 0.1) is 5.60 Å². The van der Waals surface area contributed by atoms with E-state index in [1.807, 2.05) is 24.3 Å². The summed E-state index contributed by atoms with van der Waals surface area (Å²) >= 11 is 7.34. The number of hydrogen-bond acceptors (Lipinski definition) is 5. The minimum absolute atomic E-state index is 0.447. The Morgan fingerprint density at radius 1 is 1.26 bits per heavy atom. The fourth-order valence-electron chi connectivity index (χ4n) is 1.47. The highest BCUT2D eigenvalue weighted by atomic mass is 35.5. The minimum Gasteiger partial charge on any atom is -0.389 e. The van der Waals surface area contributed by atoms with Crippen molar-refractivity contribution in [3.8, 4) is 0 Å². The number of benzene rings is 1. The molecule has 0 aliphatic heterocycles. The highest BCUT2D eigenvalue weighted by Crippen LogP contribution is 2.20. The third kappa shape index (κ3) is 4.78. The fraction of sp³-hybridized carbons (Fsp3) is 0.385. The van der Waals surface area contributed by atoms with Crippen molar-refractivity contribution >= 4 is 28.1 Å². The van der Waals surface area contributed by atoms with E-state index < -0.39 is 5.60 Å². The number of rotatable bonds is 5. The first-order chi connectivity index (χ1) is 8.92. The molecule has 0 aliphatic carbocycles. The molecule has 0 saturated carbocycles. The van der Waals surface area contributed by atoms with Crippen LogP contribution < -0.4 is 5.32 Å². The van der Waals surface area contributed by atoms with E-state index in [0.29, 0.717) is 6.54 Å². The number of aromatic nitrogens is 2. The van der Waals surface area contributed by atoms with Crippen LogP contribution in [0.5, 0.6) is 0 Å². The molecule has 1 aromatic carbocycles. The summed E-state index contributed by atoms with van der Waals surface area (Å²) in [6, 6.07) is 7.69. The Kier molecular flexibility index (Phi) is 4.39. The number of nitrogens with one attached hydrogen (secondary N) is 1. The van der Waals surface area contributed by atoms with Gasteiger partial charge in [-0.3, -0.25) is 0 Å². The molecule has 2 rings (SSSR count). The number of nitrogens with zero attached hydrogens (tertiary/aromatic N) is 2. The van der Waals surface area contributed by atoms with Crippen LogP contribution in [0.25, 0.3) is 0 Å². The third-order valence-electron chi connectivity index (χ3n) is 2.41. The van der Waals surface area contributed by atoms with Gasteiger partial charge in [-0.1, -0.05) is 35.1 Å². The SMILES string of the molecule is CC(C)(O)CNc1nnc(Cc2ccc(Cl)cc2)s1. The lowest BCUT2D eigenvalue weighted by Gasteiger charge is -2.16. The van der Waals surface area contributed by atoms with Crippen molar-refractivity contribution in [2.24, 2.45) is 0 Å². The molecule has 1 heterocycles. The molecule has 0 atom stereocenters. The minimum atomic E-state index is -0.762. The molecular weight excluding hydrogens is 282 g/mol. The first-order valence-corrected chi connectivity index (χ1v) is 7.15. The molecule has 102 valence electrons. The van der Waals surface area contributed by atoms with Crippen LogP contribution >= 0.6 is 22.9 Å². The van der Waals surface area contributed by atoms with E-state index in [1.165, 1.54) is 11.3 Å². The normalized spacial score (nSPS) is 11.6. The second kappa shape index (κ2) is 5.86. The molecule has 0 spiro atoms. The molecule has 19 heavy (non-hydrogen) atoms. The van der Waals surface area contributed by atoms with Gasteiger partial charge in [0.2, 0.25) is 5.13 Å². The van der Waals surface area contributed by atoms with Crippen molar-refractivity contribution < 1.29 is 5.11 Å². The molecule has 0 bridgehead atoms. The summed E-state index contributed by atoms with van der Waals surface area (Å²) in [5.41, 5.74) is 0.386. The van der Waals surface area contributed by atoms with Crippen LogP contribution in [-0.4, -0.2) is 27.4 Å². The van der Waals surface area contributed by atoms with E-state index in [-0.39, 0.29) is 0 Å². The Bertz CT molecular complexity index is 534. The highest BCUT2D eigenvalue weighted by molar-refractivity contribution is 7.15. The number of anilines is 1. The molecule has 6 heteroatoms. The zero-order valence-corrected chi connectivity index (χ0v) is 12.4. The Morgan fingerprint density at radius 3 is 2.58 bits per heavy atom. The number of halogens is 1. The molecule has 4 nitrogen and oxygen atoms in total. The lowest BCUT2D eigenvalue weighted by Crippen LogP contribution is -2.29. The van der Waals surface area contributed by atoms with Crippen LogP contribution in [0, 0.1) is 0 Å². The monoisotopic (exact) mass is 297 g/mol. The molecule has 2 N–H and O–H groups in total. The standard InChI is InChI=1S/C13H16ClN3OS/c1-13(2,18)8-15-12-17-16-11(19-12)7-9-3-5-10(14)6-4-9/h3-6,18H,7-8H2,1-2H3,(H,15,17). The molecule has 0 amide bonds. The van der Waals surface area contributed by atoms with E-state index in [1.54, 1.807) is 13.8 Å². The lowest BCUT2D eigenvalue weighted by molar-refractivity contribution is 0.0945. The summed E-state index contributed by atoms with van der Waals surface area (Å²) in [6.07, 6.45) is 0.735. The maximum atomic E-state index is 9.63. The molecule has 0 fully saturated rings. The summed E-state index contributed by atoms with van der Waals surface area (Å²) in [5, 5.41) is 23.3. The van der Waals surface area contributed by atoms with Crippen molar-refractivity contribution in [2.75, 3.05) is 11.9 Å². The van der Waals surface area contributed by atoms with Gasteiger partial charge in [-0.05, 0) is 31.5 Å². The molecule has 0 aliphatic rings. The van der Waals surface area contributed by atoms with Gasteiger partial charge in [0, 0.05) is 18.0 Å². The van der Waals surface area contributed by atoms with Crippen LogP contribution in [0.4, 0.5) is 5.13 Å². The average molecular weight is 298 g/mol. The Hall–Kier alpha value is -1.17. The Morgan fingerprint density at radius 2 is 1.95 bits per heavy atom. The first kappa shape index (κ1) is 14.2. The predicted molar refractivity (Wildman–Crippen MR) is 79.0 cm³/mol. The zero-order chi connectivity index (χ0) is 13.9. The number of aliphatic hydroxyl groups is 1. The zero-order valence-electron chi connectivity index (χ0n) is 10.9. The second-order valence-corrected chi connectivity index (χ2v) is 6.47.